The largest absolute Gasteiger partial charge is 0.457 e. The first-order chi connectivity index (χ1) is 12.7. The minimum atomic E-state index is -0.464. The van der Waals surface area contributed by atoms with E-state index in [4.69, 9.17) is 4.74 Å². The summed E-state index contributed by atoms with van der Waals surface area (Å²) in [6.07, 6.45) is 0.0680. The minimum Gasteiger partial charge on any atom is -0.457 e. The summed E-state index contributed by atoms with van der Waals surface area (Å²) in [6.45, 7) is 9.06. The number of hydrogen-bond donors (Lipinski definition) is 1. The van der Waals surface area contributed by atoms with Crippen molar-refractivity contribution in [3.05, 3.63) is 63.7 Å². The lowest BCUT2D eigenvalue weighted by molar-refractivity contribution is -0.141. The molecule has 0 bridgehead atoms. The Morgan fingerprint density at radius 3 is 2.15 bits per heavy atom. The predicted octanol–water partition coefficient (Wildman–Crippen LogP) is 3.85. The third kappa shape index (κ3) is 5.26. The summed E-state index contributed by atoms with van der Waals surface area (Å²) in [6, 6.07) is 8.78. The molecule has 0 spiro atoms. The molecule has 2 rings (SSSR count). The first kappa shape index (κ1) is 20.4. The lowest BCUT2D eigenvalue weighted by Crippen LogP contribution is -2.17. The highest BCUT2D eigenvalue weighted by Crippen LogP contribution is 2.21. The Morgan fingerprint density at radius 1 is 0.926 bits per heavy atom. The zero-order valence-corrected chi connectivity index (χ0v) is 16.4. The van der Waals surface area contributed by atoms with Gasteiger partial charge in [-0.1, -0.05) is 12.1 Å². The zero-order valence-electron chi connectivity index (χ0n) is 16.4. The fourth-order valence-corrected chi connectivity index (χ4v) is 2.85. The molecule has 0 saturated carbocycles. The number of rotatable bonds is 6. The number of ether oxygens (including phenoxy) is 1. The van der Waals surface area contributed by atoms with Crippen LogP contribution in [-0.2, 0) is 20.7 Å². The Hall–Kier alpha value is -2.95. The molecule has 142 valence electrons. The van der Waals surface area contributed by atoms with Crippen molar-refractivity contribution in [1.82, 2.24) is 0 Å². The summed E-state index contributed by atoms with van der Waals surface area (Å²) in [5, 5.41) is 2.66. The van der Waals surface area contributed by atoms with Crippen LogP contribution in [0.4, 0.5) is 5.69 Å². The van der Waals surface area contributed by atoms with Crippen LogP contribution >= 0.6 is 0 Å². The Morgan fingerprint density at radius 2 is 1.56 bits per heavy atom. The van der Waals surface area contributed by atoms with E-state index in [2.05, 4.69) is 5.32 Å². The molecule has 0 aliphatic carbocycles. The van der Waals surface area contributed by atoms with E-state index in [1.54, 1.807) is 24.3 Å². The molecule has 1 N–H and O–H groups in total. The Kier molecular flexibility index (Phi) is 6.50. The van der Waals surface area contributed by atoms with Gasteiger partial charge in [0, 0.05) is 18.2 Å². The number of hydrogen-bond acceptors (Lipinski definition) is 4. The van der Waals surface area contributed by atoms with Gasteiger partial charge in [0.2, 0.25) is 11.7 Å². The smallest absolute Gasteiger partial charge is 0.310 e. The molecule has 0 radical (unpaired) electrons. The second-order valence-electron chi connectivity index (χ2n) is 6.75. The standard InChI is InChI=1S/C22H25NO4/c1-13-10-20(16(4)15(3)14(13)2)21(25)12-27-22(26)11-18-6-8-19(9-7-18)23-17(5)24/h6-10H,11-12H2,1-5H3,(H,23,24). The highest BCUT2D eigenvalue weighted by molar-refractivity contribution is 6.00. The second kappa shape index (κ2) is 8.62. The van der Waals surface area contributed by atoms with Gasteiger partial charge in [0.05, 0.1) is 6.42 Å². The molecule has 0 heterocycles. The van der Waals surface area contributed by atoms with Crippen LogP contribution in [0.5, 0.6) is 0 Å². The van der Waals surface area contributed by atoms with Crippen molar-refractivity contribution in [3.63, 3.8) is 0 Å². The zero-order chi connectivity index (χ0) is 20.1. The maximum Gasteiger partial charge on any atom is 0.310 e. The van der Waals surface area contributed by atoms with E-state index in [0.717, 1.165) is 22.3 Å². The molecule has 27 heavy (non-hydrogen) atoms. The fraction of sp³-hybridized carbons (Fsp3) is 0.318. The Balaban J connectivity index is 1.96. The number of nitrogens with one attached hydrogen (secondary N) is 1. The minimum absolute atomic E-state index is 0.0680. The van der Waals surface area contributed by atoms with Gasteiger partial charge in [-0.3, -0.25) is 14.4 Å². The van der Waals surface area contributed by atoms with E-state index in [-0.39, 0.29) is 24.7 Å². The SMILES string of the molecule is CC(=O)Nc1ccc(CC(=O)OCC(=O)c2cc(C)c(C)c(C)c2C)cc1. The molecule has 1 amide bonds. The van der Waals surface area contributed by atoms with Crippen LogP contribution in [0, 0.1) is 27.7 Å². The molecule has 2 aromatic carbocycles. The number of carbonyl (C=O) groups is 3. The van der Waals surface area contributed by atoms with E-state index < -0.39 is 5.97 Å². The van der Waals surface area contributed by atoms with Crippen LogP contribution in [0.3, 0.4) is 0 Å². The van der Waals surface area contributed by atoms with E-state index in [1.807, 2.05) is 33.8 Å². The average molecular weight is 367 g/mol. The lowest BCUT2D eigenvalue weighted by atomic mass is 9.93. The van der Waals surface area contributed by atoms with Crippen molar-refractivity contribution in [2.75, 3.05) is 11.9 Å². The molecule has 0 aromatic heterocycles. The van der Waals surface area contributed by atoms with E-state index in [9.17, 15) is 14.4 Å². The van der Waals surface area contributed by atoms with Crippen molar-refractivity contribution in [2.24, 2.45) is 0 Å². The molecule has 0 fully saturated rings. The maximum absolute atomic E-state index is 12.5. The van der Waals surface area contributed by atoms with Gasteiger partial charge in [0.1, 0.15) is 0 Å². The van der Waals surface area contributed by atoms with Crippen molar-refractivity contribution >= 4 is 23.3 Å². The summed E-state index contributed by atoms with van der Waals surface area (Å²) in [4.78, 5) is 35.5. The van der Waals surface area contributed by atoms with Crippen LogP contribution in [0.25, 0.3) is 0 Å². The van der Waals surface area contributed by atoms with E-state index in [0.29, 0.717) is 11.3 Å². The molecule has 0 saturated heterocycles. The third-order valence-corrected chi connectivity index (χ3v) is 4.77. The molecule has 0 aliphatic heterocycles. The maximum atomic E-state index is 12.5. The van der Waals surface area contributed by atoms with Gasteiger partial charge in [-0.25, -0.2) is 0 Å². The Bertz CT molecular complexity index is 882. The number of carbonyl (C=O) groups excluding carboxylic acids is 3. The molecular weight excluding hydrogens is 342 g/mol. The summed E-state index contributed by atoms with van der Waals surface area (Å²) < 4.78 is 5.16. The van der Waals surface area contributed by atoms with Gasteiger partial charge in [0.15, 0.2) is 6.61 Å². The van der Waals surface area contributed by atoms with Gasteiger partial charge < -0.3 is 10.1 Å². The van der Waals surface area contributed by atoms with Crippen molar-refractivity contribution < 1.29 is 19.1 Å². The normalized spacial score (nSPS) is 10.4. The second-order valence-corrected chi connectivity index (χ2v) is 6.75. The van der Waals surface area contributed by atoms with E-state index >= 15 is 0 Å². The quantitative estimate of drug-likeness (QED) is 0.622. The summed E-state index contributed by atoms with van der Waals surface area (Å²) in [5.74, 6) is -0.820. The van der Waals surface area contributed by atoms with Gasteiger partial charge in [0.25, 0.3) is 0 Å². The van der Waals surface area contributed by atoms with Crippen molar-refractivity contribution in [1.29, 1.82) is 0 Å². The number of aryl methyl sites for hydroxylation is 1. The Labute approximate surface area is 159 Å². The highest BCUT2D eigenvalue weighted by atomic mass is 16.5. The molecule has 0 atom stereocenters. The van der Waals surface area contributed by atoms with Crippen LogP contribution in [-0.4, -0.2) is 24.3 Å². The third-order valence-electron chi connectivity index (χ3n) is 4.77. The summed E-state index contributed by atoms with van der Waals surface area (Å²) in [7, 11) is 0. The highest BCUT2D eigenvalue weighted by Gasteiger charge is 2.16. The first-order valence-corrected chi connectivity index (χ1v) is 8.81. The molecule has 2 aromatic rings. The molecule has 0 unspecified atom stereocenters. The predicted molar refractivity (Wildman–Crippen MR) is 105 cm³/mol. The lowest BCUT2D eigenvalue weighted by Gasteiger charge is -2.13. The number of benzene rings is 2. The van der Waals surface area contributed by atoms with Gasteiger partial charge in [-0.2, -0.15) is 0 Å². The number of esters is 1. The first-order valence-electron chi connectivity index (χ1n) is 8.81. The molecule has 5 nitrogen and oxygen atoms in total. The molecular formula is C22H25NO4. The van der Waals surface area contributed by atoms with Gasteiger partial charge >= 0.3 is 5.97 Å². The summed E-state index contributed by atoms with van der Waals surface area (Å²) in [5.41, 5.74) is 6.24. The number of anilines is 1. The van der Waals surface area contributed by atoms with Crippen LogP contribution in [0.15, 0.2) is 30.3 Å². The number of amides is 1. The molecule has 5 heteroatoms. The fourth-order valence-electron chi connectivity index (χ4n) is 2.85. The monoisotopic (exact) mass is 367 g/mol. The molecule has 0 aliphatic rings. The van der Waals surface area contributed by atoms with Crippen LogP contribution in [0.1, 0.15) is 45.1 Å². The van der Waals surface area contributed by atoms with Crippen molar-refractivity contribution in [3.8, 4) is 0 Å². The van der Waals surface area contributed by atoms with Crippen molar-refractivity contribution in [2.45, 2.75) is 41.0 Å². The topological polar surface area (TPSA) is 72.5 Å². The number of Topliss-reactive ketones (excluding diaryl/α,β-unsaturated/α-hetero) is 1. The van der Waals surface area contributed by atoms with Gasteiger partial charge in [-0.05, 0) is 73.7 Å². The van der Waals surface area contributed by atoms with E-state index in [1.165, 1.54) is 12.5 Å². The van der Waals surface area contributed by atoms with Gasteiger partial charge in [-0.15, -0.1) is 0 Å². The van der Waals surface area contributed by atoms with Crippen LogP contribution in [0.2, 0.25) is 0 Å². The summed E-state index contributed by atoms with van der Waals surface area (Å²) >= 11 is 0. The number of ketones is 1. The average Bonchev–Trinajstić information content (AvgIpc) is 2.62. The van der Waals surface area contributed by atoms with Crippen LogP contribution < -0.4 is 5.32 Å².